The third-order valence-electron chi connectivity index (χ3n) is 6.58. The van der Waals surface area contributed by atoms with Gasteiger partial charge in [0.1, 0.15) is 6.10 Å². The second-order valence-corrected chi connectivity index (χ2v) is 8.72. The number of Topliss-reactive ketones (excluding diaryl/α,β-unsaturated/α-hetero) is 1. The average Bonchev–Trinajstić information content (AvgIpc) is 2.53. The van der Waals surface area contributed by atoms with E-state index in [1.165, 1.54) is 0 Å². The molecule has 0 heterocycles. The predicted octanol–water partition coefficient (Wildman–Crippen LogP) is 2.83. The number of aliphatic hydroxyl groups excluding tert-OH is 2. The van der Waals surface area contributed by atoms with Gasteiger partial charge in [-0.25, -0.2) is 0 Å². The monoisotopic (exact) mass is 348 g/mol. The summed E-state index contributed by atoms with van der Waals surface area (Å²) in [5, 5.41) is 41.5. The topological polar surface area (TPSA) is 98.0 Å². The van der Waals surface area contributed by atoms with Crippen LogP contribution >= 0.6 is 0 Å². The molecule has 3 rings (SSSR count). The van der Waals surface area contributed by atoms with Crippen LogP contribution in [0.3, 0.4) is 0 Å². The Labute approximate surface area is 148 Å². The van der Waals surface area contributed by atoms with Gasteiger partial charge in [0, 0.05) is 40.5 Å². The number of hydrogen-bond acceptors (Lipinski definition) is 5. The first kappa shape index (κ1) is 18.2. The van der Waals surface area contributed by atoms with E-state index in [1.807, 2.05) is 6.92 Å². The summed E-state index contributed by atoms with van der Waals surface area (Å²) >= 11 is 0. The number of carbonyl (C=O) groups excluding carboxylic acids is 1. The van der Waals surface area contributed by atoms with Crippen molar-refractivity contribution >= 4 is 5.78 Å². The van der Waals surface area contributed by atoms with Crippen molar-refractivity contribution < 1.29 is 25.2 Å². The molecule has 4 N–H and O–H groups in total. The number of rotatable bonds is 2. The molecule has 4 atom stereocenters. The zero-order valence-corrected chi connectivity index (χ0v) is 15.3. The van der Waals surface area contributed by atoms with E-state index in [9.17, 15) is 25.2 Å². The molecule has 2 aliphatic rings. The van der Waals surface area contributed by atoms with Gasteiger partial charge in [-0.05, 0) is 24.3 Å². The van der Waals surface area contributed by atoms with Crippen molar-refractivity contribution in [2.24, 2.45) is 11.3 Å². The van der Waals surface area contributed by atoms with Gasteiger partial charge >= 0.3 is 0 Å². The zero-order valence-electron chi connectivity index (χ0n) is 15.3. The van der Waals surface area contributed by atoms with Gasteiger partial charge in [0.2, 0.25) is 0 Å². The number of phenols is 2. The van der Waals surface area contributed by atoms with E-state index in [0.717, 1.165) is 19.3 Å². The fraction of sp³-hybridized carbons (Fsp3) is 0.650. The van der Waals surface area contributed by atoms with Crippen LogP contribution in [0.5, 0.6) is 11.5 Å². The molecule has 0 unspecified atom stereocenters. The van der Waals surface area contributed by atoms with Crippen molar-refractivity contribution in [3.63, 3.8) is 0 Å². The van der Waals surface area contributed by atoms with Gasteiger partial charge in [0.25, 0.3) is 0 Å². The summed E-state index contributed by atoms with van der Waals surface area (Å²) in [5.41, 5.74) is 0.212. The summed E-state index contributed by atoms with van der Waals surface area (Å²) in [6.45, 7) is 7.57. The number of aromatic hydroxyl groups is 2. The molecule has 0 saturated heterocycles. The highest BCUT2D eigenvalue weighted by atomic mass is 16.3. The lowest BCUT2D eigenvalue weighted by molar-refractivity contribution is -0.0396. The second kappa shape index (κ2) is 5.71. The lowest BCUT2D eigenvalue weighted by Crippen LogP contribution is -2.56. The molecule has 5 nitrogen and oxygen atoms in total. The maximum absolute atomic E-state index is 12.9. The summed E-state index contributed by atoms with van der Waals surface area (Å²) in [6, 6.07) is 1.54. The Bertz CT molecular complexity index is 723. The van der Waals surface area contributed by atoms with Crippen LogP contribution in [0.15, 0.2) is 6.07 Å². The first-order chi connectivity index (χ1) is 11.6. The fourth-order valence-electron chi connectivity index (χ4n) is 5.38. The number of fused-ring (bicyclic) bond motifs is 3. The highest BCUT2D eigenvalue weighted by molar-refractivity contribution is 6.04. The first-order valence-corrected chi connectivity index (χ1v) is 8.98. The van der Waals surface area contributed by atoms with Crippen molar-refractivity contribution in [3.8, 4) is 11.5 Å². The highest BCUT2D eigenvalue weighted by Crippen LogP contribution is 2.60. The molecule has 5 heteroatoms. The van der Waals surface area contributed by atoms with Gasteiger partial charge in [-0.15, -0.1) is 0 Å². The minimum Gasteiger partial charge on any atom is -0.504 e. The van der Waals surface area contributed by atoms with E-state index in [2.05, 4.69) is 13.8 Å². The molecule has 0 radical (unpaired) electrons. The number of ketones is 1. The van der Waals surface area contributed by atoms with Crippen LogP contribution in [-0.2, 0) is 5.41 Å². The molecule has 0 amide bonds. The van der Waals surface area contributed by atoms with E-state index >= 15 is 0 Å². The molecule has 2 aliphatic carbocycles. The molecular weight excluding hydrogens is 320 g/mol. The van der Waals surface area contributed by atoms with Crippen molar-refractivity contribution in [1.29, 1.82) is 0 Å². The van der Waals surface area contributed by atoms with Crippen LogP contribution in [0.25, 0.3) is 0 Å². The van der Waals surface area contributed by atoms with Crippen molar-refractivity contribution in [2.45, 2.75) is 64.4 Å². The molecule has 1 aromatic rings. The van der Waals surface area contributed by atoms with E-state index in [0.29, 0.717) is 11.1 Å². The van der Waals surface area contributed by atoms with Gasteiger partial charge < -0.3 is 20.4 Å². The Kier molecular flexibility index (Phi) is 4.16. The molecule has 25 heavy (non-hydrogen) atoms. The Morgan fingerprint density at radius 3 is 2.44 bits per heavy atom. The van der Waals surface area contributed by atoms with E-state index < -0.39 is 23.2 Å². The van der Waals surface area contributed by atoms with Gasteiger partial charge in [-0.1, -0.05) is 34.1 Å². The van der Waals surface area contributed by atoms with E-state index in [1.54, 1.807) is 13.0 Å². The standard InChI is InChI=1S/C20H28O5/c1-10(9-21)11-8-12-13(16(24)14(11)22)20(4)7-5-6-19(2,3)18(20)17(25)15(12)23/h8,10,17-18,21-22,24-25H,5-7,9H2,1-4H3/t10-,17+,18+,20-/m1/s1. The molecule has 0 bridgehead atoms. The summed E-state index contributed by atoms with van der Waals surface area (Å²) in [7, 11) is 0. The minimum absolute atomic E-state index is 0.213. The maximum Gasteiger partial charge on any atom is 0.192 e. The zero-order chi connectivity index (χ0) is 18.7. The van der Waals surface area contributed by atoms with Crippen LogP contribution in [-0.4, -0.2) is 38.9 Å². The number of phenolic OH excluding ortho intramolecular Hbond substituents is 2. The molecule has 138 valence electrons. The van der Waals surface area contributed by atoms with Crippen molar-refractivity contribution in [1.82, 2.24) is 0 Å². The Hall–Kier alpha value is -1.59. The largest absolute Gasteiger partial charge is 0.504 e. The summed E-state index contributed by atoms with van der Waals surface area (Å²) in [6.07, 6.45) is 1.43. The van der Waals surface area contributed by atoms with Crippen LogP contribution in [0.1, 0.15) is 74.4 Å². The summed E-state index contributed by atoms with van der Waals surface area (Å²) < 4.78 is 0. The highest BCUT2D eigenvalue weighted by Gasteiger charge is 2.57. The Morgan fingerprint density at radius 1 is 1.20 bits per heavy atom. The van der Waals surface area contributed by atoms with Gasteiger partial charge in [0.15, 0.2) is 17.3 Å². The molecule has 1 saturated carbocycles. The molecule has 0 spiro atoms. The fourth-order valence-corrected chi connectivity index (χ4v) is 5.38. The normalized spacial score (nSPS) is 32.0. The third-order valence-corrected chi connectivity index (χ3v) is 6.58. The van der Waals surface area contributed by atoms with Crippen LogP contribution in [0.2, 0.25) is 0 Å². The average molecular weight is 348 g/mol. The molecule has 1 fully saturated rings. The van der Waals surface area contributed by atoms with E-state index in [-0.39, 0.29) is 35.0 Å². The minimum atomic E-state index is -1.13. The Balaban J connectivity index is 2.31. The number of carbonyl (C=O) groups is 1. The van der Waals surface area contributed by atoms with Crippen LogP contribution < -0.4 is 0 Å². The second-order valence-electron chi connectivity index (χ2n) is 8.72. The van der Waals surface area contributed by atoms with Crippen molar-refractivity contribution in [2.75, 3.05) is 6.61 Å². The molecule has 0 aromatic heterocycles. The molecule has 0 aliphatic heterocycles. The lowest BCUT2D eigenvalue weighted by Gasteiger charge is -2.55. The smallest absolute Gasteiger partial charge is 0.192 e. The third kappa shape index (κ3) is 2.40. The first-order valence-electron chi connectivity index (χ1n) is 8.98. The lowest BCUT2D eigenvalue weighted by atomic mass is 9.49. The maximum atomic E-state index is 12.9. The van der Waals surface area contributed by atoms with Gasteiger partial charge in [-0.3, -0.25) is 4.79 Å². The molecule has 1 aromatic carbocycles. The predicted molar refractivity (Wildman–Crippen MR) is 94.1 cm³/mol. The van der Waals surface area contributed by atoms with Crippen molar-refractivity contribution in [3.05, 3.63) is 22.8 Å². The summed E-state index contributed by atoms with van der Waals surface area (Å²) in [5.74, 6) is -1.70. The number of hydrogen-bond donors (Lipinski definition) is 4. The van der Waals surface area contributed by atoms with Gasteiger partial charge in [-0.2, -0.15) is 0 Å². The number of benzene rings is 1. The molecular formula is C20H28O5. The Morgan fingerprint density at radius 2 is 1.84 bits per heavy atom. The van der Waals surface area contributed by atoms with Crippen LogP contribution in [0, 0.1) is 11.3 Å². The quantitative estimate of drug-likeness (QED) is 0.616. The SMILES string of the molecule is C[C@H](CO)c1cc2c(c(O)c1O)[C@@]1(C)CCCC(C)(C)[C@@H]1[C@@H](O)C2=O. The number of aliphatic hydroxyl groups is 2. The summed E-state index contributed by atoms with van der Waals surface area (Å²) in [4.78, 5) is 12.9. The van der Waals surface area contributed by atoms with E-state index in [4.69, 9.17) is 0 Å². The van der Waals surface area contributed by atoms with Crippen LogP contribution in [0.4, 0.5) is 0 Å². The van der Waals surface area contributed by atoms with Gasteiger partial charge in [0.05, 0.1) is 0 Å².